The number of aliphatic hydroxyl groups excluding tert-OH is 1. The maximum atomic E-state index is 12.8. The van der Waals surface area contributed by atoms with Crippen LogP contribution in [0, 0.1) is 6.92 Å². The third-order valence-electron chi connectivity index (χ3n) is 5.02. The first-order valence-corrected chi connectivity index (χ1v) is 11.6. The number of H-pyrrole nitrogens is 1. The van der Waals surface area contributed by atoms with Crippen molar-refractivity contribution in [1.29, 1.82) is 0 Å². The Balaban J connectivity index is 1.86. The highest BCUT2D eigenvalue weighted by Gasteiger charge is 2.21. The van der Waals surface area contributed by atoms with Gasteiger partial charge in [0.2, 0.25) is 0 Å². The zero-order valence-electron chi connectivity index (χ0n) is 19.7. The molecule has 0 amide bonds. The van der Waals surface area contributed by atoms with Crippen LogP contribution in [-0.2, 0) is 22.6 Å². The fourth-order valence-electron chi connectivity index (χ4n) is 3.49. The van der Waals surface area contributed by atoms with Crippen LogP contribution in [0.2, 0.25) is 0 Å². The molecule has 0 bridgehead atoms. The predicted octanol–water partition coefficient (Wildman–Crippen LogP) is 3.26. The van der Waals surface area contributed by atoms with Crippen LogP contribution in [0.4, 0.5) is 0 Å². The van der Waals surface area contributed by atoms with Crippen LogP contribution in [0.25, 0.3) is 10.2 Å². The number of aromatic nitrogens is 2. The predicted molar refractivity (Wildman–Crippen MR) is 129 cm³/mol. The van der Waals surface area contributed by atoms with Crippen LogP contribution < -0.4 is 5.56 Å². The first kappa shape index (κ1) is 25.0. The topological polar surface area (TPSA) is 105 Å². The molecule has 3 aromatic rings. The second-order valence-electron chi connectivity index (χ2n) is 8.97. The first-order chi connectivity index (χ1) is 15.6. The number of carbonyl (C=O) groups is 1. The Kier molecular flexibility index (Phi) is 8.01. The number of ether oxygens (including phenoxy) is 2. The second kappa shape index (κ2) is 10.6. The highest BCUT2D eigenvalue weighted by molar-refractivity contribution is 7.20. The van der Waals surface area contributed by atoms with Gasteiger partial charge in [-0.3, -0.25) is 9.69 Å². The lowest BCUT2D eigenvalue weighted by Crippen LogP contribution is -2.37. The number of esters is 1. The Morgan fingerprint density at radius 3 is 2.58 bits per heavy atom. The van der Waals surface area contributed by atoms with Gasteiger partial charge in [0.05, 0.1) is 37.4 Å². The van der Waals surface area contributed by atoms with E-state index in [-0.39, 0.29) is 17.8 Å². The van der Waals surface area contributed by atoms with Crippen LogP contribution in [0.3, 0.4) is 0 Å². The number of thiophene rings is 1. The molecule has 0 aliphatic rings. The Labute approximate surface area is 197 Å². The van der Waals surface area contributed by atoms with Crippen molar-refractivity contribution < 1.29 is 19.4 Å². The van der Waals surface area contributed by atoms with Gasteiger partial charge in [0.15, 0.2) is 0 Å². The van der Waals surface area contributed by atoms with Crippen molar-refractivity contribution in [3.8, 4) is 0 Å². The van der Waals surface area contributed by atoms with Gasteiger partial charge >= 0.3 is 5.97 Å². The highest BCUT2D eigenvalue weighted by atomic mass is 32.1. The number of aromatic amines is 1. The van der Waals surface area contributed by atoms with Crippen molar-refractivity contribution in [2.75, 3.05) is 20.3 Å². The normalized spacial score (nSPS) is 12.9. The van der Waals surface area contributed by atoms with E-state index in [2.05, 4.69) is 9.97 Å². The van der Waals surface area contributed by atoms with Crippen molar-refractivity contribution in [1.82, 2.24) is 14.9 Å². The SMILES string of the molecule is COC(=O)c1sc2nc(CN(Cc3ccccc3)C[C@H](O)COC(C)(C)C)[nH]c(=O)c2c1C. The molecule has 0 saturated heterocycles. The quantitative estimate of drug-likeness (QED) is 0.460. The fourth-order valence-corrected chi connectivity index (χ4v) is 4.60. The molecule has 33 heavy (non-hydrogen) atoms. The highest BCUT2D eigenvalue weighted by Crippen LogP contribution is 2.27. The maximum absolute atomic E-state index is 12.8. The van der Waals surface area contributed by atoms with Gasteiger partial charge in [-0.1, -0.05) is 30.3 Å². The minimum atomic E-state index is -0.710. The molecule has 0 aliphatic heterocycles. The van der Waals surface area contributed by atoms with Gasteiger partial charge in [0, 0.05) is 13.1 Å². The summed E-state index contributed by atoms with van der Waals surface area (Å²) in [5, 5.41) is 11.0. The third kappa shape index (κ3) is 6.70. The number of nitrogens with zero attached hydrogens (tertiary/aromatic N) is 2. The smallest absolute Gasteiger partial charge is 0.348 e. The average Bonchev–Trinajstić information content (AvgIpc) is 3.08. The monoisotopic (exact) mass is 473 g/mol. The summed E-state index contributed by atoms with van der Waals surface area (Å²) in [5.74, 6) is -0.0193. The molecule has 178 valence electrons. The number of aliphatic hydroxyl groups is 1. The van der Waals surface area contributed by atoms with Crippen molar-refractivity contribution in [2.45, 2.75) is 52.5 Å². The molecule has 0 unspecified atom stereocenters. The van der Waals surface area contributed by atoms with Crippen molar-refractivity contribution >= 4 is 27.5 Å². The number of benzene rings is 1. The largest absolute Gasteiger partial charge is 0.465 e. The van der Waals surface area contributed by atoms with Gasteiger partial charge in [0.25, 0.3) is 5.56 Å². The number of fused-ring (bicyclic) bond motifs is 1. The van der Waals surface area contributed by atoms with Crippen LogP contribution in [0.1, 0.15) is 47.4 Å². The second-order valence-corrected chi connectivity index (χ2v) is 9.97. The average molecular weight is 474 g/mol. The van der Waals surface area contributed by atoms with Gasteiger partial charge in [0.1, 0.15) is 15.5 Å². The lowest BCUT2D eigenvalue weighted by atomic mass is 10.2. The molecule has 1 atom stereocenters. The summed E-state index contributed by atoms with van der Waals surface area (Å²) in [7, 11) is 1.31. The van der Waals surface area contributed by atoms with Gasteiger partial charge in [-0.25, -0.2) is 9.78 Å². The van der Waals surface area contributed by atoms with E-state index in [0.717, 1.165) is 16.9 Å². The molecule has 8 nitrogen and oxygen atoms in total. The van der Waals surface area contributed by atoms with E-state index in [1.54, 1.807) is 6.92 Å². The van der Waals surface area contributed by atoms with Crippen LogP contribution in [0.15, 0.2) is 35.1 Å². The lowest BCUT2D eigenvalue weighted by molar-refractivity contribution is -0.0574. The summed E-state index contributed by atoms with van der Waals surface area (Å²) in [6.07, 6.45) is -0.710. The van der Waals surface area contributed by atoms with E-state index >= 15 is 0 Å². The van der Waals surface area contributed by atoms with E-state index in [0.29, 0.717) is 46.1 Å². The Morgan fingerprint density at radius 1 is 1.24 bits per heavy atom. The molecule has 2 heterocycles. The van der Waals surface area contributed by atoms with Crippen molar-refractivity contribution in [3.63, 3.8) is 0 Å². The molecule has 0 spiro atoms. The molecular formula is C24H31N3O5S. The number of carbonyl (C=O) groups excluding carboxylic acids is 1. The van der Waals surface area contributed by atoms with Gasteiger partial charge in [-0.05, 0) is 38.8 Å². The maximum Gasteiger partial charge on any atom is 0.348 e. The summed E-state index contributed by atoms with van der Waals surface area (Å²) in [6, 6.07) is 9.89. The molecular weight excluding hydrogens is 442 g/mol. The van der Waals surface area contributed by atoms with Crippen LogP contribution in [0.5, 0.6) is 0 Å². The van der Waals surface area contributed by atoms with E-state index in [4.69, 9.17) is 9.47 Å². The van der Waals surface area contributed by atoms with Crippen LogP contribution >= 0.6 is 11.3 Å². The van der Waals surface area contributed by atoms with E-state index in [1.165, 1.54) is 7.11 Å². The van der Waals surface area contributed by atoms with Gasteiger partial charge in [-0.2, -0.15) is 0 Å². The van der Waals surface area contributed by atoms with E-state index < -0.39 is 12.1 Å². The number of aryl methyl sites for hydroxylation is 1. The molecule has 9 heteroatoms. The molecule has 2 aromatic heterocycles. The molecule has 0 fully saturated rings. The Morgan fingerprint density at radius 2 is 1.94 bits per heavy atom. The van der Waals surface area contributed by atoms with Crippen molar-refractivity contribution in [3.05, 3.63) is 62.5 Å². The zero-order valence-corrected chi connectivity index (χ0v) is 20.5. The number of hydrogen-bond donors (Lipinski definition) is 2. The Bertz CT molecular complexity index is 1150. The minimum Gasteiger partial charge on any atom is -0.465 e. The van der Waals surface area contributed by atoms with Gasteiger partial charge in [-0.15, -0.1) is 11.3 Å². The van der Waals surface area contributed by atoms with Gasteiger partial charge < -0.3 is 19.6 Å². The van der Waals surface area contributed by atoms with E-state index in [1.807, 2.05) is 56.0 Å². The minimum absolute atomic E-state index is 0.199. The summed E-state index contributed by atoms with van der Waals surface area (Å²) < 4.78 is 10.5. The molecule has 2 N–H and O–H groups in total. The third-order valence-corrected chi connectivity index (χ3v) is 6.19. The molecule has 0 radical (unpaired) electrons. The zero-order chi connectivity index (χ0) is 24.2. The fraction of sp³-hybridized carbons (Fsp3) is 0.458. The van der Waals surface area contributed by atoms with Crippen LogP contribution in [-0.4, -0.2) is 57.9 Å². The summed E-state index contributed by atoms with van der Waals surface area (Å²) in [4.78, 5) is 35.1. The number of rotatable bonds is 9. The number of hydrogen-bond acceptors (Lipinski definition) is 8. The summed E-state index contributed by atoms with van der Waals surface area (Å²) in [5.41, 5.74) is 0.996. The van der Waals surface area contributed by atoms with E-state index in [9.17, 15) is 14.7 Å². The summed E-state index contributed by atoms with van der Waals surface area (Å²) in [6.45, 7) is 8.96. The molecule has 0 aliphatic carbocycles. The number of nitrogens with one attached hydrogen (secondary N) is 1. The molecule has 3 rings (SSSR count). The lowest BCUT2D eigenvalue weighted by Gasteiger charge is -2.27. The first-order valence-electron chi connectivity index (χ1n) is 10.8. The Hall–Kier alpha value is -2.59. The van der Waals surface area contributed by atoms with Crippen molar-refractivity contribution in [2.24, 2.45) is 0 Å². The summed E-state index contributed by atoms with van der Waals surface area (Å²) >= 11 is 1.15. The molecule has 0 saturated carbocycles. The standard InChI is InChI=1S/C24H31N3O5S/c1-15-19-21(29)25-18(26-22(19)33-20(15)23(30)31-5)13-27(11-16-9-7-6-8-10-16)12-17(28)14-32-24(2,3)4/h6-10,17,28H,11-14H2,1-5H3,(H,25,26,29)/t17-/m0/s1. The number of methoxy groups -OCH3 is 1. The molecule has 1 aromatic carbocycles.